The first-order chi connectivity index (χ1) is 11.0. The Labute approximate surface area is 145 Å². The number of aromatic nitrogens is 1. The fourth-order valence-electron chi connectivity index (χ4n) is 2.62. The van der Waals surface area contributed by atoms with E-state index in [1.165, 1.54) is 24.9 Å². The van der Waals surface area contributed by atoms with Gasteiger partial charge in [-0.3, -0.25) is 9.88 Å². The van der Waals surface area contributed by atoms with E-state index in [2.05, 4.69) is 23.0 Å². The summed E-state index contributed by atoms with van der Waals surface area (Å²) in [6.45, 7) is 1.22. The van der Waals surface area contributed by atoms with Crippen LogP contribution in [-0.4, -0.2) is 55.7 Å². The van der Waals surface area contributed by atoms with Crippen LogP contribution < -0.4 is 0 Å². The van der Waals surface area contributed by atoms with E-state index in [4.69, 9.17) is 15.3 Å². The van der Waals surface area contributed by atoms with Crippen molar-refractivity contribution in [2.75, 3.05) is 13.6 Å². The highest BCUT2D eigenvalue weighted by Gasteiger charge is 2.21. The number of aromatic carboxylic acids is 1. The van der Waals surface area contributed by atoms with Crippen LogP contribution in [0.4, 0.5) is 0 Å². The van der Waals surface area contributed by atoms with Gasteiger partial charge in [-0.2, -0.15) is 0 Å². The molecular weight excluding hydrogens is 328 g/mol. The van der Waals surface area contributed by atoms with Gasteiger partial charge in [0.15, 0.2) is 0 Å². The molecule has 25 heavy (non-hydrogen) atoms. The van der Waals surface area contributed by atoms with Crippen LogP contribution in [0.1, 0.15) is 34.8 Å². The molecule has 0 saturated carbocycles. The minimum absolute atomic E-state index is 0. The molecule has 3 rings (SSSR count). The summed E-state index contributed by atoms with van der Waals surface area (Å²) in [5, 5.41) is 26.1. The standard InChI is InChI=1S/C10H14N2.C7H6O4.2H2O/c1-12-7-3-5-10(12)9-4-2-6-11-8-9;8-5-1-4(7(10)11)2-6(9)3-5;;/h2,4,6,8,10H,3,5,7H2,1H3;1-3,8-9H,(H,10,11);2*1H2/t10-;;;/m0.../s1. The maximum Gasteiger partial charge on any atom is 0.335 e. The predicted octanol–water partition coefficient (Wildman–Crippen LogP) is 0.995. The number of carboxylic acid groups (broad SMARTS) is 1. The number of rotatable bonds is 2. The van der Waals surface area contributed by atoms with Crippen molar-refractivity contribution in [3.8, 4) is 11.5 Å². The van der Waals surface area contributed by atoms with E-state index in [1.54, 1.807) is 0 Å². The summed E-state index contributed by atoms with van der Waals surface area (Å²) in [6.07, 6.45) is 6.41. The number of carbonyl (C=O) groups is 1. The van der Waals surface area contributed by atoms with Crippen LogP contribution >= 0.6 is 0 Å². The molecule has 1 aromatic heterocycles. The Morgan fingerprint density at radius 3 is 2.28 bits per heavy atom. The van der Waals surface area contributed by atoms with E-state index in [1.807, 2.05) is 18.5 Å². The molecule has 0 aliphatic carbocycles. The molecule has 138 valence electrons. The summed E-state index contributed by atoms with van der Waals surface area (Å²) < 4.78 is 0. The van der Waals surface area contributed by atoms with Gasteiger partial charge in [0.2, 0.25) is 0 Å². The number of carboxylic acids is 1. The Morgan fingerprint density at radius 2 is 1.84 bits per heavy atom. The van der Waals surface area contributed by atoms with E-state index < -0.39 is 5.97 Å². The van der Waals surface area contributed by atoms with Crippen molar-refractivity contribution < 1.29 is 31.1 Å². The number of pyridine rings is 1. The minimum Gasteiger partial charge on any atom is -0.508 e. The smallest absolute Gasteiger partial charge is 0.335 e. The Kier molecular flexibility index (Phi) is 9.14. The highest BCUT2D eigenvalue weighted by molar-refractivity contribution is 5.88. The summed E-state index contributed by atoms with van der Waals surface area (Å²) in [6, 6.07) is 7.97. The molecule has 1 fully saturated rings. The molecule has 1 aliphatic rings. The van der Waals surface area contributed by atoms with E-state index in [0.29, 0.717) is 6.04 Å². The third-order valence-corrected chi connectivity index (χ3v) is 3.74. The molecule has 2 heterocycles. The van der Waals surface area contributed by atoms with Crippen molar-refractivity contribution in [3.05, 3.63) is 53.9 Å². The van der Waals surface area contributed by atoms with Crippen molar-refractivity contribution in [1.29, 1.82) is 0 Å². The summed E-state index contributed by atoms with van der Waals surface area (Å²) >= 11 is 0. The monoisotopic (exact) mass is 352 g/mol. The van der Waals surface area contributed by atoms with Crippen LogP contribution in [0.3, 0.4) is 0 Å². The van der Waals surface area contributed by atoms with Crippen LogP contribution in [0.15, 0.2) is 42.7 Å². The fourth-order valence-corrected chi connectivity index (χ4v) is 2.62. The molecule has 2 aromatic rings. The number of hydrogen-bond donors (Lipinski definition) is 3. The molecule has 1 aromatic carbocycles. The lowest BCUT2D eigenvalue weighted by Crippen LogP contribution is -2.17. The maximum absolute atomic E-state index is 10.3. The number of aromatic hydroxyl groups is 2. The number of phenols is 2. The zero-order chi connectivity index (χ0) is 16.8. The van der Waals surface area contributed by atoms with Gasteiger partial charge in [-0.05, 0) is 50.2 Å². The molecule has 0 bridgehead atoms. The largest absolute Gasteiger partial charge is 0.508 e. The van der Waals surface area contributed by atoms with Gasteiger partial charge < -0.3 is 26.3 Å². The zero-order valence-electron chi connectivity index (χ0n) is 13.9. The normalized spacial score (nSPS) is 16.0. The van der Waals surface area contributed by atoms with E-state index >= 15 is 0 Å². The maximum atomic E-state index is 10.3. The molecule has 7 N–H and O–H groups in total. The molecule has 8 heteroatoms. The van der Waals surface area contributed by atoms with Crippen LogP contribution in [0.25, 0.3) is 0 Å². The molecule has 0 unspecified atom stereocenters. The number of hydrogen-bond acceptors (Lipinski definition) is 5. The van der Waals surface area contributed by atoms with Crippen LogP contribution in [0, 0.1) is 0 Å². The van der Waals surface area contributed by atoms with Crippen molar-refractivity contribution >= 4 is 5.97 Å². The van der Waals surface area contributed by atoms with Gasteiger partial charge in [0.25, 0.3) is 0 Å². The minimum atomic E-state index is -1.18. The van der Waals surface area contributed by atoms with Gasteiger partial charge in [-0.15, -0.1) is 0 Å². The van der Waals surface area contributed by atoms with Crippen LogP contribution in [-0.2, 0) is 0 Å². The summed E-state index contributed by atoms with van der Waals surface area (Å²) in [7, 11) is 2.19. The molecule has 8 nitrogen and oxygen atoms in total. The fraction of sp³-hybridized carbons (Fsp3) is 0.294. The second kappa shape index (κ2) is 10.2. The molecule has 0 spiro atoms. The molecule has 0 radical (unpaired) electrons. The third kappa shape index (κ3) is 6.38. The lowest BCUT2D eigenvalue weighted by molar-refractivity contribution is 0.0696. The summed E-state index contributed by atoms with van der Waals surface area (Å²) in [4.78, 5) is 16.8. The lowest BCUT2D eigenvalue weighted by atomic mass is 10.1. The van der Waals surface area contributed by atoms with Gasteiger partial charge in [0, 0.05) is 24.5 Å². The molecule has 1 saturated heterocycles. The molecule has 0 amide bonds. The quantitative estimate of drug-likeness (QED) is 0.731. The average Bonchev–Trinajstić information content (AvgIpc) is 2.94. The van der Waals surface area contributed by atoms with Gasteiger partial charge >= 0.3 is 5.97 Å². The predicted molar refractivity (Wildman–Crippen MR) is 92.8 cm³/mol. The lowest BCUT2D eigenvalue weighted by Gasteiger charge is -2.18. The van der Waals surface area contributed by atoms with Gasteiger partial charge in [-0.25, -0.2) is 4.79 Å². The van der Waals surface area contributed by atoms with Crippen molar-refractivity contribution in [2.24, 2.45) is 0 Å². The van der Waals surface area contributed by atoms with Crippen molar-refractivity contribution in [1.82, 2.24) is 9.88 Å². The van der Waals surface area contributed by atoms with E-state index in [-0.39, 0.29) is 28.0 Å². The summed E-state index contributed by atoms with van der Waals surface area (Å²) in [5.41, 5.74) is 1.22. The van der Waals surface area contributed by atoms with Crippen LogP contribution in [0.2, 0.25) is 0 Å². The van der Waals surface area contributed by atoms with Gasteiger partial charge in [0.1, 0.15) is 11.5 Å². The number of phenolic OH excluding ortho intramolecular Hbond substituents is 2. The van der Waals surface area contributed by atoms with Gasteiger partial charge in [0.05, 0.1) is 5.56 Å². The Morgan fingerprint density at radius 1 is 1.20 bits per heavy atom. The van der Waals surface area contributed by atoms with E-state index in [9.17, 15) is 4.79 Å². The van der Waals surface area contributed by atoms with Gasteiger partial charge in [-0.1, -0.05) is 6.07 Å². The highest BCUT2D eigenvalue weighted by atomic mass is 16.4. The Bertz CT molecular complexity index is 645. The first kappa shape index (κ1) is 22.3. The van der Waals surface area contributed by atoms with E-state index in [0.717, 1.165) is 18.2 Å². The van der Waals surface area contributed by atoms with Crippen molar-refractivity contribution in [2.45, 2.75) is 18.9 Å². The van der Waals surface area contributed by atoms with Crippen LogP contribution in [0.5, 0.6) is 11.5 Å². The third-order valence-electron chi connectivity index (χ3n) is 3.74. The zero-order valence-corrected chi connectivity index (χ0v) is 13.9. The highest BCUT2D eigenvalue weighted by Crippen LogP contribution is 2.29. The number of nitrogens with zero attached hydrogens (tertiary/aromatic N) is 2. The first-order valence-electron chi connectivity index (χ1n) is 7.34. The average molecular weight is 352 g/mol. The Balaban J connectivity index is 0.000000429. The first-order valence-corrected chi connectivity index (χ1v) is 7.34. The molecule has 1 aliphatic heterocycles. The molecular formula is C17H24N2O6. The topological polar surface area (TPSA) is 157 Å². The number of likely N-dealkylation sites (tertiary alicyclic amines) is 1. The SMILES string of the molecule is CN1CCC[C@H]1c1cccnc1.O.O.O=C(O)c1cc(O)cc(O)c1. The second-order valence-corrected chi connectivity index (χ2v) is 5.47. The second-order valence-electron chi connectivity index (χ2n) is 5.47. The van der Waals surface area contributed by atoms with Crippen molar-refractivity contribution in [3.63, 3.8) is 0 Å². The summed E-state index contributed by atoms with van der Waals surface area (Å²) in [5.74, 6) is -1.71. The Hall–Kier alpha value is -2.68. The molecule has 1 atom stereocenters. The number of benzene rings is 1.